The van der Waals surface area contributed by atoms with Crippen molar-refractivity contribution in [3.8, 4) is 0 Å². The van der Waals surface area contributed by atoms with E-state index in [1.54, 1.807) is 6.20 Å². The zero-order valence-corrected chi connectivity index (χ0v) is 11.6. The molecule has 2 N–H and O–H groups in total. The quantitative estimate of drug-likeness (QED) is 0.482. The number of carbonyl (C=O) groups excluding carboxylic acids is 1. The molecule has 21 heavy (non-hydrogen) atoms. The van der Waals surface area contributed by atoms with Gasteiger partial charge in [0.15, 0.2) is 0 Å². The van der Waals surface area contributed by atoms with E-state index in [-0.39, 0.29) is 11.6 Å². The van der Waals surface area contributed by atoms with Gasteiger partial charge in [0.2, 0.25) is 0 Å². The van der Waals surface area contributed by atoms with Gasteiger partial charge in [-0.1, -0.05) is 0 Å². The number of aromatic nitrogens is 2. The fraction of sp³-hybridized carbons (Fsp3) is 0.286. The molecule has 1 heterocycles. The molecular weight excluding hydrogens is 272 g/mol. The van der Waals surface area contributed by atoms with E-state index in [1.807, 2.05) is 6.92 Å². The third kappa shape index (κ3) is 3.88. The second-order valence-corrected chi connectivity index (χ2v) is 4.68. The van der Waals surface area contributed by atoms with Gasteiger partial charge in [0.25, 0.3) is 11.6 Å². The van der Waals surface area contributed by atoms with E-state index in [0.29, 0.717) is 12.1 Å². The fourth-order valence-electron chi connectivity index (χ4n) is 1.95. The number of non-ortho nitro benzene ring substituents is 1. The standard InChI is InChI=1S/C14H16N4O3/c1-10-12(9-16-17-10)3-2-8-15-14(19)11-4-6-13(7-5-11)18(20)21/h4-7,9H,2-3,8H2,1H3,(H,15,19)(H,16,17). The van der Waals surface area contributed by atoms with Crippen LogP contribution in [0.1, 0.15) is 28.0 Å². The highest BCUT2D eigenvalue weighted by Gasteiger charge is 2.09. The Labute approximate surface area is 121 Å². The smallest absolute Gasteiger partial charge is 0.269 e. The first kappa shape index (κ1) is 14.7. The minimum Gasteiger partial charge on any atom is -0.352 e. The van der Waals surface area contributed by atoms with Crippen LogP contribution in [0, 0.1) is 17.0 Å². The van der Waals surface area contributed by atoms with Crippen LogP contribution in [0.3, 0.4) is 0 Å². The Morgan fingerprint density at radius 1 is 1.38 bits per heavy atom. The average Bonchev–Trinajstić information content (AvgIpc) is 2.89. The Hall–Kier alpha value is -2.70. The number of aryl methyl sites for hydroxylation is 2. The molecule has 0 aliphatic heterocycles. The molecule has 2 aromatic rings. The summed E-state index contributed by atoms with van der Waals surface area (Å²) in [6.07, 6.45) is 3.43. The molecule has 0 fully saturated rings. The minimum atomic E-state index is -0.491. The Balaban J connectivity index is 1.79. The molecule has 0 saturated heterocycles. The molecule has 1 amide bonds. The summed E-state index contributed by atoms with van der Waals surface area (Å²) in [5.41, 5.74) is 2.57. The molecule has 0 saturated carbocycles. The van der Waals surface area contributed by atoms with Crippen LogP contribution < -0.4 is 5.32 Å². The van der Waals surface area contributed by atoms with E-state index in [9.17, 15) is 14.9 Å². The second kappa shape index (κ2) is 6.65. The van der Waals surface area contributed by atoms with Crippen LogP contribution in [0.5, 0.6) is 0 Å². The Morgan fingerprint density at radius 2 is 2.10 bits per heavy atom. The summed E-state index contributed by atoms with van der Waals surface area (Å²) in [4.78, 5) is 21.9. The van der Waals surface area contributed by atoms with Crippen molar-refractivity contribution < 1.29 is 9.72 Å². The number of nitrogens with one attached hydrogen (secondary N) is 2. The highest BCUT2D eigenvalue weighted by atomic mass is 16.6. The van der Waals surface area contributed by atoms with E-state index in [2.05, 4.69) is 15.5 Å². The van der Waals surface area contributed by atoms with Crippen molar-refractivity contribution in [1.82, 2.24) is 15.5 Å². The first-order valence-electron chi connectivity index (χ1n) is 6.59. The van der Waals surface area contributed by atoms with E-state index in [4.69, 9.17) is 0 Å². The predicted octanol–water partition coefficient (Wildman–Crippen LogP) is 1.99. The summed E-state index contributed by atoms with van der Waals surface area (Å²) < 4.78 is 0. The van der Waals surface area contributed by atoms with E-state index < -0.39 is 4.92 Å². The first-order chi connectivity index (χ1) is 10.1. The van der Waals surface area contributed by atoms with Crippen molar-refractivity contribution >= 4 is 11.6 Å². The number of nitrogens with zero attached hydrogens (tertiary/aromatic N) is 2. The summed E-state index contributed by atoms with van der Waals surface area (Å²) in [5.74, 6) is -0.228. The number of rotatable bonds is 6. The van der Waals surface area contributed by atoms with Crippen molar-refractivity contribution in [1.29, 1.82) is 0 Å². The number of H-pyrrole nitrogens is 1. The summed E-state index contributed by atoms with van der Waals surface area (Å²) in [5, 5.41) is 20.1. The maximum atomic E-state index is 11.9. The van der Waals surface area contributed by atoms with Crippen molar-refractivity contribution in [3.05, 3.63) is 57.4 Å². The molecule has 0 spiro atoms. The normalized spacial score (nSPS) is 10.3. The average molecular weight is 288 g/mol. The van der Waals surface area contributed by atoms with Gasteiger partial charge in [-0.05, 0) is 37.5 Å². The van der Waals surface area contributed by atoms with Crippen molar-refractivity contribution in [2.75, 3.05) is 6.54 Å². The molecule has 110 valence electrons. The maximum Gasteiger partial charge on any atom is 0.269 e. The molecule has 1 aromatic heterocycles. The van der Waals surface area contributed by atoms with E-state index >= 15 is 0 Å². The van der Waals surface area contributed by atoms with E-state index in [1.165, 1.54) is 24.3 Å². The molecule has 1 aromatic carbocycles. The summed E-state index contributed by atoms with van der Waals surface area (Å²) in [7, 11) is 0. The van der Waals surface area contributed by atoms with Crippen LogP contribution in [-0.4, -0.2) is 27.6 Å². The lowest BCUT2D eigenvalue weighted by Gasteiger charge is -2.05. The van der Waals surface area contributed by atoms with Gasteiger partial charge in [-0.15, -0.1) is 0 Å². The number of nitro groups is 1. The van der Waals surface area contributed by atoms with Gasteiger partial charge in [0.05, 0.1) is 11.1 Å². The number of aromatic amines is 1. The van der Waals surface area contributed by atoms with Crippen molar-refractivity contribution in [3.63, 3.8) is 0 Å². The summed E-state index contributed by atoms with van der Waals surface area (Å²) >= 11 is 0. The molecule has 0 atom stereocenters. The van der Waals surface area contributed by atoms with Crippen LogP contribution in [0.4, 0.5) is 5.69 Å². The summed E-state index contributed by atoms with van der Waals surface area (Å²) in [6, 6.07) is 5.55. The lowest BCUT2D eigenvalue weighted by atomic mass is 10.1. The number of hydrogen-bond donors (Lipinski definition) is 2. The van der Waals surface area contributed by atoms with Crippen LogP contribution in [0.2, 0.25) is 0 Å². The number of hydrogen-bond acceptors (Lipinski definition) is 4. The Morgan fingerprint density at radius 3 is 2.67 bits per heavy atom. The molecule has 0 aliphatic rings. The highest BCUT2D eigenvalue weighted by Crippen LogP contribution is 2.11. The van der Waals surface area contributed by atoms with Crippen LogP contribution in [0.15, 0.2) is 30.5 Å². The van der Waals surface area contributed by atoms with Gasteiger partial charge in [-0.3, -0.25) is 20.0 Å². The predicted molar refractivity (Wildman–Crippen MR) is 77.1 cm³/mol. The van der Waals surface area contributed by atoms with Gasteiger partial charge >= 0.3 is 0 Å². The van der Waals surface area contributed by atoms with E-state index in [0.717, 1.165) is 24.1 Å². The van der Waals surface area contributed by atoms with Crippen LogP contribution >= 0.6 is 0 Å². The molecule has 0 aliphatic carbocycles. The molecule has 0 radical (unpaired) electrons. The molecule has 2 rings (SSSR count). The molecule has 7 nitrogen and oxygen atoms in total. The number of carbonyl (C=O) groups is 1. The maximum absolute atomic E-state index is 11.9. The van der Waals surface area contributed by atoms with Gasteiger partial charge in [0, 0.05) is 29.9 Å². The highest BCUT2D eigenvalue weighted by molar-refractivity contribution is 5.94. The number of nitro benzene ring substituents is 1. The van der Waals surface area contributed by atoms with Gasteiger partial charge < -0.3 is 5.32 Å². The third-order valence-electron chi connectivity index (χ3n) is 3.18. The van der Waals surface area contributed by atoms with Gasteiger partial charge in [-0.25, -0.2) is 0 Å². The second-order valence-electron chi connectivity index (χ2n) is 4.68. The summed E-state index contributed by atoms with van der Waals surface area (Å²) in [6.45, 7) is 2.50. The lowest BCUT2D eigenvalue weighted by molar-refractivity contribution is -0.384. The number of amides is 1. The van der Waals surface area contributed by atoms with Crippen molar-refractivity contribution in [2.45, 2.75) is 19.8 Å². The van der Waals surface area contributed by atoms with Crippen LogP contribution in [0.25, 0.3) is 0 Å². The zero-order valence-electron chi connectivity index (χ0n) is 11.6. The number of benzene rings is 1. The lowest BCUT2D eigenvalue weighted by Crippen LogP contribution is -2.24. The topological polar surface area (TPSA) is 101 Å². The molecule has 0 bridgehead atoms. The Kier molecular flexibility index (Phi) is 4.65. The molecule has 0 unspecified atom stereocenters. The molecule has 7 heteroatoms. The molecular formula is C14H16N4O3. The Bertz CT molecular complexity index is 634. The first-order valence-corrected chi connectivity index (χ1v) is 6.59. The monoisotopic (exact) mass is 288 g/mol. The van der Waals surface area contributed by atoms with Crippen LogP contribution in [-0.2, 0) is 6.42 Å². The van der Waals surface area contributed by atoms with Gasteiger partial charge in [0.1, 0.15) is 0 Å². The largest absolute Gasteiger partial charge is 0.352 e. The van der Waals surface area contributed by atoms with Crippen molar-refractivity contribution in [2.24, 2.45) is 0 Å². The third-order valence-corrected chi connectivity index (χ3v) is 3.18. The minimum absolute atomic E-state index is 0.0259. The van der Waals surface area contributed by atoms with Gasteiger partial charge in [-0.2, -0.15) is 5.10 Å². The SMILES string of the molecule is Cc1[nH]ncc1CCCNC(=O)c1ccc([N+](=O)[O-])cc1. The fourth-order valence-corrected chi connectivity index (χ4v) is 1.95. The zero-order chi connectivity index (χ0) is 15.2.